The molecule has 2 aliphatic heterocycles. The molecule has 4 rings (SSSR count). The van der Waals surface area contributed by atoms with E-state index in [-0.39, 0.29) is 36.6 Å². The van der Waals surface area contributed by atoms with Gasteiger partial charge in [0.05, 0.1) is 24.9 Å². The lowest BCUT2D eigenvalue weighted by Gasteiger charge is -2.44. The van der Waals surface area contributed by atoms with Gasteiger partial charge in [0.1, 0.15) is 5.60 Å². The summed E-state index contributed by atoms with van der Waals surface area (Å²) >= 11 is 0. The average Bonchev–Trinajstić information content (AvgIpc) is 3.24. The Morgan fingerprint density at radius 1 is 0.914 bits per heavy atom. The van der Waals surface area contributed by atoms with Crippen LogP contribution in [0.1, 0.15) is 59.3 Å². The van der Waals surface area contributed by atoms with Gasteiger partial charge in [-0.3, -0.25) is 0 Å². The van der Waals surface area contributed by atoms with Gasteiger partial charge in [-0.25, -0.2) is 0 Å². The molecule has 0 bridgehead atoms. The Morgan fingerprint density at radius 2 is 1.54 bits per heavy atom. The zero-order chi connectivity index (χ0) is 24.9. The summed E-state index contributed by atoms with van der Waals surface area (Å²) in [6.07, 6.45) is 4.83. The molecule has 3 unspecified atom stereocenters. The Labute approximate surface area is 211 Å². The van der Waals surface area contributed by atoms with E-state index in [9.17, 15) is 10.2 Å². The summed E-state index contributed by atoms with van der Waals surface area (Å²) in [5.74, 6) is 0. The highest BCUT2D eigenvalue weighted by molar-refractivity contribution is 6.99. The molecule has 4 atom stereocenters. The maximum absolute atomic E-state index is 10.3. The molecule has 0 aliphatic carbocycles. The predicted octanol–water partition coefficient (Wildman–Crippen LogP) is 3.79. The summed E-state index contributed by atoms with van der Waals surface area (Å²) in [7, 11) is -2.57. The fourth-order valence-electron chi connectivity index (χ4n) is 6.11. The third kappa shape index (κ3) is 5.43. The van der Waals surface area contributed by atoms with Crippen LogP contribution >= 0.6 is 0 Å². The topological polar surface area (TPSA) is 68.2 Å². The zero-order valence-corrected chi connectivity index (χ0v) is 22.5. The Balaban J connectivity index is 1.50. The molecule has 0 radical (unpaired) electrons. The van der Waals surface area contributed by atoms with E-state index in [0.717, 1.165) is 25.7 Å². The van der Waals surface area contributed by atoms with Gasteiger partial charge in [-0.15, -0.1) is 0 Å². The minimum Gasteiger partial charge on any atom is -0.407 e. The van der Waals surface area contributed by atoms with Crippen molar-refractivity contribution in [3.63, 3.8) is 0 Å². The van der Waals surface area contributed by atoms with Crippen LogP contribution in [0.15, 0.2) is 60.7 Å². The van der Waals surface area contributed by atoms with E-state index in [1.54, 1.807) is 0 Å². The highest BCUT2D eigenvalue weighted by Crippen LogP contribution is 2.43. The van der Waals surface area contributed by atoms with E-state index in [4.69, 9.17) is 13.9 Å². The number of fused-ring (bicyclic) bond motifs is 1. The van der Waals surface area contributed by atoms with Crippen LogP contribution in [0.4, 0.5) is 0 Å². The molecular formula is C29H42O5Si. The molecule has 2 aliphatic rings. The number of hydrogen-bond acceptors (Lipinski definition) is 5. The number of aliphatic hydroxyl groups is 2. The molecule has 2 N–H and O–H groups in total. The molecule has 35 heavy (non-hydrogen) atoms. The van der Waals surface area contributed by atoms with Crippen molar-refractivity contribution in [2.45, 2.75) is 88.2 Å². The molecular weight excluding hydrogens is 456 g/mol. The first-order valence-corrected chi connectivity index (χ1v) is 15.1. The first-order valence-electron chi connectivity index (χ1n) is 13.1. The molecule has 6 heteroatoms. The molecule has 2 fully saturated rings. The van der Waals surface area contributed by atoms with Crippen molar-refractivity contribution >= 4 is 18.7 Å². The van der Waals surface area contributed by atoms with Crippen molar-refractivity contribution in [3.8, 4) is 0 Å². The van der Waals surface area contributed by atoms with E-state index < -0.39 is 13.9 Å². The highest BCUT2D eigenvalue weighted by atomic mass is 28.4. The summed E-state index contributed by atoms with van der Waals surface area (Å²) in [6, 6.07) is 21.4. The van der Waals surface area contributed by atoms with Gasteiger partial charge in [-0.1, -0.05) is 81.4 Å². The number of benzene rings is 2. The maximum atomic E-state index is 10.3. The second-order valence-electron chi connectivity index (χ2n) is 11.2. The first kappa shape index (κ1) is 26.5. The van der Waals surface area contributed by atoms with Gasteiger partial charge >= 0.3 is 0 Å². The molecule has 2 saturated heterocycles. The monoisotopic (exact) mass is 498 g/mol. The van der Waals surface area contributed by atoms with Crippen molar-refractivity contribution in [1.29, 1.82) is 0 Å². The van der Waals surface area contributed by atoms with Crippen LogP contribution in [0, 0.1) is 0 Å². The molecule has 0 amide bonds. The van der Waals surface area contributed by atoms with Crippen LogP contribution in [-0.4, -0.2) is 62.3 Å². The van der Waals surface area contributed by atoms with E-state index in [0.29, 0.717) is 19.4 Å². The van der Waals surface area contributed by atoms with Gasteiger partial charge in [0.2, 0.25) is 0 Å². The quantitative estimate of drug-likeness (QED) is 0.488. The van der Waals surface area contributed by atoms with Gasteiger partial charge in [0.25, 0.3) is 8.32 Å². The minimum absolute atomic E-state index is 0.0284. The molecule has 2 heterocycles. The standard InChI is InChI=1S/C29H42O5Si/c1-28(2,3)35(25-12-6-4-7-13-25,26-14-8-5-9-15-26)32-20-18-23-16-17-27-29(22-31,34-23)21-24(33-27)11-10-19-30/h4-9,12-15,23-24,27,30-31H,10-11,16-22H2,1-3H3/t23?,24-,27?,29?/m0/s1. The zero-order valence-electron chi connectivity index (χ0n) is 21.5. The van der Waals surface area contributed by atoms with E-state index >= 15 is 0 Å². The van der Waals surface area contributed by atoms with Crippen LogP contribution in [0.25, 0.3) is 0 Å². The van der Waals surface area contributed by atoms with Crippen molar-refractivity contribution in [3.05, 3.63) is 60.7 Å². The lowest BCUT2D eigenvalue weighted by molar-refractivity contribution is -0.185. The summed E-state index contributed by atoms with van der Waals surface area (Å²) in [6.45, 7) is 7.64. The molecule has 2 aromatic rings. The Hall–Kier alpha value is -1.54. The second-order valence-corrected chi connectivity index (χ2v) is 15.5. The Kier molecular flexibility index (Phi) is 8.52. The van der Waals surface area contributed by atoms with Crippen LogP contribution in [0.5, 0.6) is 0 Å². The van der Waals surface area contributed by atoms with Gasteiger partial charge in [-0.05, 0) is 47.5 Å². The SMILES string of the molecule is CC(C)(C)[Si](OCCC1CCC2O[C@@H](CCCO)CC2(CO)O1)(c1ccccc1)c1ccccc1. The maximum Gasteiger partial charge on any atom is 0.261 e. The summed E-state index contributed by atoms with van der Waals surface area (Å²) in [4.78, 5) is 0. The van der Waals surface area contributed by atoms with Gasteiger partial charge in [0.15, 0.2) is 0 Å². The van der Waals surface area contributed by atoms with Crippen molar-refractivity contribution in [2.75, 3.05) is 19.8 Å². The summed E-state index contributed by atoms with van der Waals surface area (Å²) in [5, 5.41) is 22.0. The van der Waals surface area contributed by atoms with Crippen molar-refractivity contribution in [2.24, 2.45) is 0 Å². The molecule has 2 aromatic carbocycles. The number of hydrogen-bond donors (Lipinski definition) is 2. The summed E-state index contributed by atoms with van der Waals surface area (Å²) < 4.78 is 19.8. The average molecular weight is 499 g/mol. The number of rotatable bonds is 10. The Morgan fingerprint density at radius 3 is 2.09 bits per heavy atom. The Bertz CT molecular complexity index is 876. The smallest absolute Gasteiger partial charge is 0.261 e. The second kappa shape index (κ2) is 11.2. The lowest BCUT2D eigenvalue weighted by Crippen LogP contribution is -2.66. The summed E-state index contributed by atoms with van der Waals surface area (Å²) in [5.41, 5.74) is -0.625. The molecule has 0 saturated carbocycles. The van der Waals surface area contributed by atoms with Gasteiger partial charge < -0.3 is 24.1 Å². The van der Waals surface area contributed by atoms with Crippen LogP contribution in [0.2, 0.25) is 5.04 Å². The van der Waals surface area contributed by atoms with E-state index in [1.165, 1.54) is 10.4 Å². The third-order valence-electron chi connectivity index (χ3n) is 7.80. The lowest BCUT2D eigenvalue weighted by atomic mass is 9.86. The molecule has 192 valence electrons. The highest BCUT2D eigenvalue weighted by Gasteiger charge is 2.53. The van der Waals surface area contributed by atoms with Crippen LogP contribution in [0.3, 0.4) is 0 Å². The van der Waals surface area contributed by atoms with E-state index in [1.807, 2.05) is 0 Å². The normalized spacial score (nSPS) is 27.1. The largest absolute Gasteiger partial charge is 0.407 e. The number of aliphatic hydroxyl groups excluding tert-OH is 2. The number of ether oxygens (including phenoxy) is 2. The fourth-order valence-corrected chi connectivity index (χ4v) is 10.7. The minimum atomic E-state index is -2.57. The van der Waals surface area contributed by atoms with Gasteiger partial charge in [0, 0.05) is 19.6 Å². The van der Waals surface area contributed by atoms with Gasteiger partial charge in [-0.2, -0.15) is 0 Å². The van der Waals surface area contributed by atoms with Crippen LogP contribution < -0.4 is 10.4 Å². The molecule has 0 spiro atoms. The van der Waals surface area contributed by atoms with Crippen LogP contribution in [-0.2, 0) is 13.9 Å². The molecule has 5 nitrogen and oxygen atoms in total. The van der Waals surface area contributed by atoms with Crippen molar-refractivity contribution in [1.82, 2.24) is 0 Å². The van der Waals surface area contributed by atoms with E-state index in [2.05, 4.69) is 81.4 Å². The third-order valence-corrected chi connectivity index (χ3v) is 12.8. The fraction of sp³-hybridized carbons (Fsp3) is 0.586. The molecule has 0 aromatic heterocycles. The predicted molar refractivity (Wildman–Crippen MR) is 142 cm³/mol. The van der Waals surface area contributed by atoms with Crippen molar-refractivity contribution < 1.29 is 24.1 Å². The first-order chi connectivity index (χ1) is 16.8.